The second-order valence-electron chi connectivity index (χ2n) is 0.834. The van der Waals surface area contributed by atoms with E-state index in [-0.39, 0.29) is 20.4 Å². The summed E-state index contributed by atoms with van der Waals surface area (Å²) in [5.41, 5.74) is 0. The average molecular weight is 258 g/mol. The van der Waals surface area contributed by atoms with Gasteiger partial charge in [-0.15, -0.1) is 0 Å². The molecule has 0 spiro atoms. The van der Waals surface area contributed by atoms with E-state index in [1.165, 1.54) is 0 Å². The molecular formula is C2H2NO7Pd-. The average Bonchev–Trinajstić information content (AvgIpc) is 1.63. The molecule has 0 heterocycles. The predicted molar refractivity (Wildman–Crippen MR) is 25.6 cm³/mol. The second kappa shape index (κ2) is 8.80. The topological polar surface area (TPSA) is 141 Å². The molecule has 0 rings (SSSR count). The van der Waals surface area contributed by atoms with Crippen LogP contribution < -0.4 is 0 Å². The van der Waals surface area contributed by atoms with Crippen molar-refractivity contribution in [1.82, 2.24) is 0 Å². The van der Waals surface area contributed by atoms with Gasteiger partial charge in [-0.05, 0) is 0 Å². The van der Waals surface area contributed by atoms with Crippen LogP contribution >= 0.6 is 0 Å². The van der Waals surface area contributed by atoms with Crippen LogP contribution in [0.15, 0.2) is 0 Å². The first-order chi connectivity index (χ1) is 4.37. The van der Waals surface area contributed by atoms with Crippen LogP contribution in [0, 0.1) is 15.3 Å². The third-order valence-corrected chi connectivity index (χ3v) is 0.183. The Morgan fingerprint density at radius 1 is 1.09 bits per heavy atom. The number of hydrogen-bond donors (Lipinski definition) is 2. The smallest absolute Gasteiger partial charge is 0.414 e. The van der Waals surface area contributed by atoms with Crippen molar-refractivity contribution in [2.45, 2.75) is 0 Å². The summed E-state index contributed by atoms with van der Waals surface area (Å²) >= 11 is 0. The van der Waals surface area contributed by atoms with Gasteiger partial charge in [0.25, 0.3) is 0 Å². The molecular weight excluding hydrogens is 256 g/mol. The van der Waals surface area contributed by atoms with Crippen LogP contribution in [0.4, 0.5) is 0 Å². The summed E-state index contributed by atoms with van der Waals surface area (Å²) in [5.74, 6) is -3.65. The third kappa shape index (κ3) is 51.9. The Kier molecular flexibility index (Phi) is 13.1. The number of carboxylic acid groups (broad SMARTS) is 2. The molecule has 0 amide bonds. The molecule has 68 valence electrons. The molecule has 8 nitrogen and oxygen atoms in total. The van der Waals surface area contributed by atoms with Crippen molar-refractivity contribution in [3.8, 4) is 0 Å². The first kappa shape index (κ1) is 16.4. The van der Waals surface area contributed by atoms with Crippen LogP contribution in [-0.4, -0.2) is 27.2 Å². The maximum absolute atomic E-state index is 9.10. The monoisotopic (exact) mass is 258 g/mol. The molecule has 11 heavy (non-hydrogen) atoms. The zero-order valence-corrected chi connectivity index (χ0v) is 6.25. The van der Waals surface area contributed by atoms with E-state index in [9.17, 15) is 0 Å². The van der Waals surface area contributed by atoms with E-state index < -0.39 is 17.0 Å². The SMILES string of the molecule is O=C(O)C(=O)O.O=[N+]([O-])[O-].[Pd]. The Bertz CT molecular complexity index is 139. The van der Waals surface area contributed by atoms with Gasteiger partial charge in [-0.25, -0.2) is 9.59 Å². The van der Waals surface area contributed by atoms with Gasteiger partial charge in [-0.2, -0.15) is 0 Å². The molecule has 2 N–H and O–H groups in total. The number of nitrogens with zero attached hydrogens (tertiary/aromatic N) is 1. The largest absolute Gasteiger partial charge is 0.473 e. The van der Waals surface area contributed by atoms with Crippen molar-refractivity contribution in [2.75, 3.05) is 0 Å². The summed E-state index contributed by atoms with van der Waals surface area (Å²) in [6.07, 6.45) is 0. The Balaban J connectivity index is -0.000000114. The van der Waals surface area contributed by atoms with Gasteiger partial charge < -0.3 is 25.5 Å². The molecule has 0 aromatic rings. The summed E-state index contributed by atoms with van der Waals surface area (Å²) in [6, 6.07) is 0. The Morgan fingerprint density at radius 2 is 1.18 bits per heavy atom. The molecule has 0 bridgehead atoms. The fraction of sp³-hybridized carbons (Fsp3) is 0. The molecule has 0 atom stereocenters. The van der Waals surface area contributed by atoms with E-state index in [0.29, 0.717) is 0 Å². The summed E-state index contributed by atoms with van der Waals surface area (Å²) in [7, 11) is 0. The number of hydrogen-bond acceptors (Lipinski definition) is 5. The van der Waals surface area contributed by atoms with Crippen molar-refractivity contribution in [1.29, 1.82) is 0 Å². The van der Waals surface area contributed by atoms with Crippen molar-refractivity contribution >= 4 is 11.9 Å². The van der Waals surface area contributed by atoms with Gasteiger partial charge in [0.1, 0.15) is 0 Å². The molecule has 0 aliphatic carbocycles. The number of carboxylic acids is 2. The number of rotatable bonds is 0. The zero-order valence-electron chi connectivity index (χ0n) is 4.70. The van der Waals surface area contributed by atoms with E-state index in [0.717, 1.165) is 0 Å². The van der Waals surface area contributed by atoms with Crippen molar-refractivity contribution < 1.29 is 45.3 Å². The van der Waals surface area contributed by atoms with Gasteiger partial charge in [0.05, 0.1) is 5.09 Å². The Morgan fingerprint density at radius 3 is 1.18 bits per heavy atom. The van der Waals surface area contributed by atoms with Gasteiger partial charge in [0.15, 0.2) is 0 Å². The maximum atomic E-state index is 9.10. The maximum Gasteiger partial charge on any atom is 0.414 e. The first-order valence-corrected chi connectivity index (χ1v) is 1.65. The predicted octanol–water partition coefficient (Wildman–Crippen LogP) is -1.09. The van der Waals surface area contributed by atoms with E-state index in [1.54, 1.807) is 0 Å². The molecule has 0 aromatic carbocycles. The zero-order chi connectivity index (χ0) is 8.73. The molecule has 0 unspecified atom stereocenters. The molecule has 0 aliphatic heterocycles. The van der Waals surface area contributed by atoms with Crippen molar-refractivity contribution in [2.24, 2.45) is 0 Å². The number of aliphatic carboxylic acids is 2. The Labute approximate surface area is 73.2 Å². The fourth-order valence-corrected chi connectivity index (χ4v) is 0. The number of carbonyl (C=O) groups is 2. The van der Waals surface area contributed by atoms with Gasteiger partial charge in [-0.3, -0.25) is 0 Å². The van der Waals surface area contributed by atoms with E-state index in [1.807, 2.05) is 0 Å². The van der Waals surface area contributed by atoms with Crippen molar-refractivity contribution in [3.05, 3.63) is 15.3 Å². The van der Waals surface area contributed by atoms with E-state index >= 15 is 0 Å². The third-order valence-electron chi connectivity index (χ3n) is 0.183. The van der Waals surface area contributed by atoms with Crippen LogP contribution in [0.1, 0.15) is 0 Å². The van der Waals surface area contributed by atoms with Gasteiger partial charge >= 0.3 is 11.9 Å². The minimum atomic E-state index is -1.82. The van der Waals surface area contributed by atoms with Crippen LogP contribution in [0.25, 0.3) is 0 Å². The molecule has 0 saturated carbocycles. The molecule has 9 heteroatoms. The Hall–Kier alpha value is -1.20. The second-order valence-corrected chi connectivity index (χ2v) is 0.834. The van der Waals surface area contributed by atoms with Crippen LogP contribution in [0.3, 0.4) is 0 Å². The summed E-state index contributed by atoms with van der Waals surface area (Å²) in [4.78, 5) is 26.4. The van der Waals surface area contributed by atoms with Crippen LogP contribution in [0.5, 0.6) is 0 Å². The molecule has 0 saturated heterocycles. The summed E-state index contributed by atoms with van der Waals surface area (Å²) in [6.45, 7) is 0. The van der Waals surface area contributed by atoms with E-state index in [2.05, 4.69) is 0 Å². The quantitative estimate of drug-likeness (QED) is 0.243. The molecule has 0 radical (unpaired) electrons. The van der Waals surface area contributed by atoms with Crippen LogP contribution in [0.2, 0.25) is 0 Å². The van der Waals surface area contributed by atoms with Gasteiger partial charge in [0, 0.05) is 20.4 Å². The fourth-order valence-electron chi connectivity index (χ4n) is 0. The standard InChI is InChI=1S/C2H2O4.NO3.Pd/c3-1(4)2(5)6;2-1(3)4;/h(H,3,4)(H,5,6);;/q;-1;. The van der Waals surface area contributed by atoms with Gasteiger partial charge in [-0.1, -0.05) is 0 Å². The van der Waals surface area contributed by atoms with Crippen LogP contribution in [-0.2, 0) is 30.0 Å². The molecule has 0 fully saturated rings. The normalized spacial score (nSPS) is 6.18. The van der Waals surface area contributed by atoms with Gasteiger partial charge in [0.2, 0.25) is 0 Å². The summed E-state index contributed by atoms with van der Waals surface area (Å²) in [5, 5.41) is 29.5. The summed E-state index contributed by atoms with van der Waals surface area (Å²) < 4.78 is 0. The minimum Gasteiger partial charge on any atom is -0.473 e. The van der Waals surface area contributed by atoms with Crippen molar-refractivity contribution in [3.63, 3.8) is 0 Å². The van der Waals surface area contributed by atoms with E-state index in [4.69, 9.17) is 35.1 Å². The molecule has 0 aromatic heterocycles. The minimum absolute atomic E-state index is 0. The first-order valence-electron chi connectivity index (χ1n) is 1.65. The molecule has 0 aliphatic rings.